The van der Waals surface area contributed by atoms with Crippen molar-refractivity contribution in [2.24, 2.45) is 0 Å². The topological polar surface area (TPSA) is 4.93 Å². The van der Waals surface area contributed by atoms with E-state index in [1.807, 2.05) is 11.3 Å². The molecule has 0 radical (unpaired) electrons. The molecule has 0 N–H and O–H groups in total. The van der Waals surface area contributed by atoms with Crippen molar-refractivity contribution in [2.45, 2.75) is 6.92 Å². The van der Waals surface area contributed by atoms with Gasteiger partial charge >= 0.3 is 0 Å². The number of thiophene rings is 1. The van der Waals surface area contributed by atoms with Gasteiger partial charge in [0.05, 0.1) is 11.0 Å². The average molecular weight is 624 g/mol. The molecule has 0 fully saturated rings. The van der Waals surface area contributed by atoms with Crippen LogP contribution in [0.2, 0.25) is 0 Å². The Morgan fingerprint density at radius 2 is 1.22 bits per heavy atom. The van der Waals surface area contributed by atoms with Crippen molar-refractivity contribution in [3.05, 3.63) is 182 Å². The lowest BCUT2D eigenvalue weighted by atomic mass is 10.1. The molecule has 0 saturated heterocycles. The zero-order chi connectivity index (χ0) is 31.1. The number of aromatic nitrogens is 1. The lowest BCUT2D eigenvalue weighted by molar-refractivity contribution is 1.18. The second-order valence-electron chi connectivity index (χ2n) is 11.7. The van der Waals surface area contributed by atoms with Gasteiger partial charge in [0.15, 0.2) is 8.07 Å². The van der Waals surface area contributed by atoms with Gasteiger partial charge in [-0.05, 0) is 52.8 Å². The minimum atomic E-state index is -2.90. The summed E-state index contributed by atoms with van der Waals surface area (Å²) in [6.45, 7) is 6.98. The zero-order valence-corrected chi connectivity index (χ0v) is 27.5. The second kappa shape index (κ2) is 11.6. The SMILES string of the molecule is C=C(/C=C\C=C/C)[Si](c1ccccc1)(c1cccc(-n2c3ccccc3c3ccccc32)c1)c1cccc2c1sc1ccccc12. The number of fused-ring (bicyclic) bond motifs is 6. The molecule has 0 spiro atoms. The Morgan fingerprint density at radius 3 is 1.96 bits per heavy atom. The summed E-state index contributed by atoms with van der Waals surface area (Å²) < 4.78 is 5.09. The van der Waals surface area contributed by atoms with E-state index in [2.05, 4.69) is 181 Å². The molecule has 1 nitrogen and oxygen atoms in total. The molecule has 6 aromatic carbocycles. The molecule has 0 aliphatic rings. The quantitative estimate of drug-likeness (QED) is 0.0946. The zero-order valence-electron chi connectivity index (χ0n) is 25.7. The Hall–Kier alpha value is -5.22. The molecule has 2 heterocycles. The summed E-state index contributed by atoms with van der Waals surface area (Å²) in [5, 5.41) is 10.3. The maximum absolute atomic E-state index is 4.92. The predicted octanol–water partition coefficient (Wildman–Crippen LogP) is 9.85. The smallest absolute Gasteiger partial charge is 0.180 e. The third-order valence-electron chi connectivity index (χ3n) is 9.22. The van der Waals surface area contributed by atoms with Crippen molar-refractivity contribution >= 4 is 76.9 Å². The van der Waals surface area contributed by atoms with E-state index in [4.69, 9.17) is 6.58 Å². The molecule has 0 saturated carbocycles. The molecular weight excluding hydrogens is 591 g/mol. The van der Waals surface area contributed by atoms with E-state index in [0.717, 1.165) is 10.9 Å². The van der Waals surface area contributed by atoms with Crippen LogP contribution in [0.3, 0.4) is 0 Å². The summed E-state index contributed by atoms with van der Waals surface area (Å²) >= 11 is 1.91. The van der Waals surface area contributed by atoms with Crippen LogP contribution in [0.15, 0.2) is 182 Å². The molecular formula is C43H33NSSi. The third-order valence-corrected chi connectivity index (χ3v) is 15.3. The number of rotatable bonds is 7. The van der Waals surface area contributed by atoms with Gasteiger partial charge in [0, 0.05) is 36.6 Å². The molecule has 0 aliphatic heterocycles. The molecule has 46 heavy (non-hydrogen) atoms. The lowest BCUT2D eigenvalue weighted by Gasteiger charge is -2.35. The Bertz CT molecular complexity index is 2410. The highest BCUT2D eigenvalue weighted by Gasteiger charge is 2.43. The first-order chi connectivity index (χ1) is 22.7. The highest BCUT2D eigenvalue weighted by molar-refractivity contribution is 7.30. The number of allylic oxidation sites excluding steroid dienone is 5. The van der Waals surface area contributed by atoms with Gasteiger partial charge in [0.25, 0.3) is 0 Å². The van der Waals surface area contributed by atoms with Crippen LogP contribution in [-0.4, -0.2) is 12.6 Å². The summed E-state index contributed by atoms with van der Waals surface area (Å²) in [5.74, 6) is 0. The van der Waals surface area contributed by atoms with E-state index in [0.29, 0.717) is 0 Å². The number of hydrogen-bond acceptors (Lipinski definition) is 1. The summed E-state index contributed by atoms with van der Waals surface area (Å²) in [6, 6.07) is 53.6. The van der Waals surface area contributed by atoms with Gasteiger partial charge in [-0.15, -0.1) is 11.3 Å². The third kappa shape index (κ3) is 4.35. The summed E-state index contributed by atoms with van der Waals surface area (Å²) in [4.78, 5) is 0. The van der Waals surface area contributed by atoms with Gasteiger partial charge in [-0.2, -0.15) is 0 Å². The van der Waals surface area contributed by atoms with Crippen molar-refractivity contribution in [1.29, 1.82) is 0 Å². The highest BCUT2D eigenvalue weighted by atomic mass is 32.1. The molecule has 2 aromatic heterocycles. The number of hydrogen-bond donors (Lipinski definition) is 0. The van der Waals surface area contributed by atoms with E-state index in [-0.39, 0.29) is 0 Å². The maximum Gasteiger partial charge on any atom is 0.180 e. The van der Waals surface area contributed by atoms with Crippen LogP contribution in [-0.2, 0) is 0 Å². The van der Waals surface area contributed by atoms with E-state index in [1.54, 1.807) is 0 Å². The summed E-state index contributed by atoms with van der Waals surface area (Å²) in [5.41, 5.74) is 3.59. The van der Waals surface area contributed by atoms with E-state index < -0.39 is 8.07 Å². The monoisotopic (exact) mass is 623 g/mol. The molecule has 8 rings (SSSR count). The Kier molecular flexibility index (Phi) is 7.13. The van der Waals surface area contributed by atoms with Crippen molar-refractivity contribution in [3.63, 3.8) is 0 Å². The molecule has 1 atom stereocenters. The fraction of sp³-hybridized carbons (Fsp3) is 0.0233. The van der Waals surface area contributed by atoms with E-state index in [1.165, 1.54) is 57.5 Å². The highest BCUT2D eigenvalue weighted by Crippen LogP contribution is 2.36. The molecule has 0 aliphatic carbocycles. The Morgan fingerprint density at radius 1 is 0.609 bits per heavy atom. The van der Waals surface area contributed by atoms with Crippen LogP contribution < -0.4 is 15.6 Å². The first-order valence-electron chi connectivity index (χ1n) is 15.8. The largest absolute Gasteiger partial charge is 0.309 e. The second-order valence-corrected chi connectivity index (χ2v) is 16.6. The Balaban J connectivity index is 1.49. The normalized spacial score (nSPS) is 13.4. The molecule has 0 amide bonds. The van der Waals surface area contributed by atoms with Gasteiger partial charge in [-0.1, -0.05) is 151 Å². The molecule has 1 unspecified atom stereocenters. The maximum atomic E-state index is 4.92. The average Bonchev–Trinajstić information content (AvgIpc) is 3.66. The van der Waals surface area contributed by atoms with Crippen LogP contribution in [0.4, 0.5) is 0 Å². The van der Waals surface area contributed by atoms with Gasteiger partial charge < -0.3 is 4.57 Å². The first kappa shape index (κ1) is 28.3. The van der Waals surface area contributed by atoms with Crippen molar-refractivity contribution in [3.8, 4) is 5.69 Å². The van der Waals surface area contributed by atoms with Crippen LogP contribution in [0.1, 0.15) is 6.92 Å². The van der Waals surface area contributed by atoms with E-state index in [9.17, 15) is 0 Å². The molecule has 0 bridgehead atoms. The fourth-order valence-corrected chi connectivity index (χ4v) is 13.6. The minimum absolute atomic E-state index is 1.15. The number of para-hydroxylation sites is 2. The Labute approximate surface area is 274 Å². The van der Waals surface area contributed by atoms with Crippen molar-refractivity contribution in [2.75, 3.05) is 0 Å². The van der Waals surface area contributed by atoms with E-state index >= 15 is 0 Å². The molecule has 220 valence electrons. The van der Waals surface area contributed by atoms with Gasteiger partial charge in [-0.3, -0.25) is 0 Å². The van der Waals surface area contributed by atoms with Gasteiger partial charge in [-0.25, -0.2) is 0 Å². The van der Waals surface area contributed by atoms with Crippen molar-refractivity contribution < 1.29 is 0 Å². The first-order valence-corrected chi connectivity index (χ1v) is 18.6. The summed E-state index contributed by atoms with van der Waals surface area (Å²) in [6.07, 6.45) is 8.57. The predicted molar refractivity (Wildman–Crippen MR) is 204 cm³/mol. The lowest BCUT2D eigenvalue weighted by Crippen LogP contribution is -2.68. The van der Waals surface area contributed by atoms with Crippen LogP contribution in [0.5, 0.6) is 0 Å². The minimum Gasteiger partial charge on any atom is -0.309 e. The van der Waals surface area contributed by atoms with Crippen LogP contribution in [0.25, 0.3) is 47.7 Å². The molecule has 3 heteroatoms. The summed E-state index contributed by atoms with van der Waals surface area (Å²) in [7, 11) is -2.90. The fourth-order valence-electron chi connectivity index (χ4n) is 7.24. The standard InChI is InChI=1S/C43H33NSSi/c1-3-4-6-17-31(2)46(33-19-7-5-8-20-33,42-29-16-25-38-37-24-11-14-28-41(37)45-43(38)42)34-21-15-18-32(30-34)44-39-26-12-9-22-35(39)36-23-10-13-27-40(36)44/h3-30H,2H2,1H3/b4-3-,17-6-. The van der Waals surface area contributed by atoms with Crippen molar-refractivity contribution in [1.82, 2.24) is 4.57 Å². The van der Waals surface area contributed by atoms with Gasteiger partial charge in [0.2, 0.25) is 0 Å². The van der Waals surface area contributed by atoms with Crippen LogP contribution in [0, 0.1) is 0 Å². The van der Waals surface area contributed by atoms with Gasteiger partial charge in [0.1, 0.15) is 0 Å². The number of benzene rings is 6. The number of nitrogens with zero attached hydrogens (tertiary/aromatic N) is 1. The van der Waals surface area contributed by atoms with Crippen LogP contribution >= 0.6 is 11.3 Å². The molecule has 8 aromatic rings.